The molecule has 0 saturated carbocycles. The first-order valence-corrected chi connectivity index (χ1v) is 8.67. The molecule has 19 heavy (non-hydrogen) atoms. The van der Waals surface area contributed by atoms with Crippen molar-refractivity contribution >= 4 is 43.0 Å². The van der Waals surface area contributed by atoms with Gasteiger partial charge >= 0.3 is 0 Å². The molecule has 0 unspecified atom stereocenters. The smallest absolute Gasteiger partial charge is 0.271 e. The Kier molecular flexibility index (Phi) is 4.62. The lowest BCUT2D eigenvalue weighted by molar-refractivity contribution is 0.603. The van der Waals surface area contributed by atoms with Crippen LogP contribution >= 0.6 is 27.3 Å². The van der Waals surface area contributed by atoms with Gasteiger partial charge in [-0.25, -0.2) is 8.42 Å². The van der Waals surface area contributed by atoms with Crippen LogP contribution in [0.25, 0.3) is 0 Å². The van der Waals surface area contributed by atoms with Gasteiger partial charge in [0.05, 0.1) is 0 Å². The second-order valence-corrected chi connectivity index (χ2v) is 7.66. The largest absolute Gasteiger partial charge is 0.316 e. The molecule has 0 bridgehead atoms. The number of benzene rings is 1. The van der Waals surface area contributed by atoms with Crippen molar-refractivity contribution in [3.05, 3.63) is 45.7 Å². The Morgan fingerprint density at radius 3 is 2.79 bits per heavy atom. The lowest BCUT2D eigenvalue weighted by Crippen LogP contribution is -2.11. The molecule has 0 aliphatic carbocycles. The summed E-state index contributed by atoms with van der Waals surface area (Å²) < 4.78 is 28.1. The second kappa shape index (κ2) is 6.04. The van der Waals surface area contributed by atoms with E-state index in [9.17, 15) is 8.42 Å². The molecule has 0 amide bonds. The first kappa shape index (κ1) is 14.5. The molecule has 0 atom stereocenters. The Balaban J connectivity index is 2.22. The molecule has 4 nitrogen and oxygen atoms in total. The molecular weight excluding hydrogens is 348 g/mol. The molecule has 102 valence electrons. The van der Waals surface area contributed by atoms with Gasteiger partial charge in [-0.3, -0.25) is 4.72 Å². The molecule has 0 radical (unpaired) electrons. The maximum absolute atomic E-state index is 12.2. The van der Waals surface area contributed by atoms with Gasteiger partial charge in [0, 0.05) is 16.7 Å². The third-order valence-electron chi connectivity index (χ3n) is 2.35. The van der Waals surface area contributed by atoms with Crippen molar-refractivity contribution in [2.75, 3.05) is 11.8 Å². The van der Waals surface area contributed by atoms with E-state index in [0.717, 1.165) is 10.0 Å². The second-order valence-electron chi connectivity index (χ2n) is 3.92. The number of anilines is 1. The summed E-state index contributed by atoms with van der Waals surface area (Å²) in [5.74, 6) is 0. The average Bonchev–Trinajstić information content (AvgIpc) is 2.78. The molecule has 7 heteroatoms. The minimum absolute atomic E-state index is 0.317. The molecule has 1 heterocycles. The Hall–Kier alpha value is -0.890. The molecule has 0 fully saturated rings. The van der Waals surface area contributed by atoms with Crippen molar-refractivity contribution in [2.45, 2.75) is 10.8 Å². The van der Waals surface area contributed by atoms with Gasteiger partial charge in [-0.05, 0) is 42.3 Å². The quantitative estimate of drug-likeness (QED) is 0.861. The van der Waals surface area contributed by atoms with Gasteiger partial charge in [-0.1, -0.05) is 22.0 Å². The SMILES string of the molecule is CNCc1csc(S(=O)(=O)Nc2cccc(Br)c2)c1. The van der Waals surface area contributed by atoms with Gasteiger partial charge in [0.15, 0.2) is 0 Å². The van der Waals surface area contributed by atoms with E-state index in [1.807, 2.05) is 18.5 Å². The van der Waals surface area contributed by atoms with E-state index in [4.69, 9.17) is 0 Å². The minimum atomic E-state index is -3.51. The van der Waals surface area contributed by atoms with E-state index < -0.39 is 10.0 Å². The number of sulfonamides is 1. The number of thiophene rings is 1. The van der Waals surface area contributed by atoms with E-state index in [1.54, 1.807) is 24.3 Å². The van der Waals surface area contributed by atoms with Crippen LogP contribution in [0.3, 0.4) is 0 Å². The molecule has 2 rings (SSSR count). The van der Waals surface area contributed by atoms with E-state index in [-0.39, 0.29) is 0 Å². The summed E-state index contributed by atoms with van der Waals surface area (Å²) >= 11 is 4.53. The fraction of sp³-hybridized carbons (Fsp3) is 0.167. The number of rotatable bonds is 5. The summed E-state index contributed by atoms with van der Waals surface area (Å²) in [7, 11) is -1.68. The molecule has 1 aromatic heterocycles. The number of nitrogens with one attached hydrogen (secondary N) is 2. The zero-order valence-electron chi connectivity index (χ0n) is 10.2. The third kappa shape index (κ3) is 3.79. The highest BCUT2D eigenvalue weighted by Crippen LogP contribution is 2.24. The van der Waals surface area contributed by atoms with Gasteiger partial charge in [-0.2, -0.15) is 0 Å². The fourth-order valence-electron chi connectivity index (χ4n) is 1.55. The van der Waals surface area contributed by atoms with E-state index in [2.05, 4.69) is 26.0 Å². The van der Waals surface area contributed by atoms with Crippen LogP contribution in [0.5, 0.6) is 0 Å². The van der Waals surface area contributed by atoms with Crippen molar-refractivity contribution in [2.24, 2.45) is 0 Å². The van der Waals surface area contributed by atoms with Crippen LogP contribution in [0.15, 0.2) is 44.4 Å². The van der Waals surface area contributed by atoms with Crippen LogP contribution < -0.4 is 10.0 Å². The molecule has 0 aliphatic heterocycles. The normalized spacial score (nSPS) is 11.5. The third-order valence-corrected chi connectivity index (χ3v) is 5.72. The van der Waals surface area contributed by atoms with E-state index in [0.29, 0.717) is 16.4 Å². The standard InChI is InChI=1S/C12H13BrN2O2S2/c1-14-7-9-5-12(18-8-9)19(16,17)15-11-4-2-3-10(13)6-11/h2-6,8,14-15H,7H2,1H3. The zero-order valence-corrected chi connectivity index (χ0v) is 13.4. The maximum atomic E-state index is 12.2. The predicted octanol–water partition coefficient (Wildman–Crippen LogP) is 3.03. The maximum Gasteiger partial charge on any atom is 0.271 e. The topological polar surface area (TPSA) is 58.2 Å². The molecular formula is C12H13BrN2O2S2. The van der Waals surface area contributed by atoms with Gasteiger partial charge in [-0.15, -0.1) is 11.3 Å². The summed E-state index contributed by atoms with van der Waals surface area (Å²) in [4.78, 5) is 0. The lowest BCUT2D eigenvalue weighted by atomic mass is 10.3. The van der Waals surface area contributed by atoms with Gasteiger partial charge in [0.1, 0.15) is 4.21 Å². The first-order chi connectivity index (χ1) is 9.01. The van der Waals surface area contributed by atoms with Crippen LogP contribution in [0.1, 0.15) is 5.56 Å². The Labute approximate surface area is 125 Å². The van der Waals surface area contributed by atoms with Crippen LogP contribution in [-0.2, 0) is 16.6 Å². The average molecular weight is 361 g/mol. The highest BCUT2D eigenvalue weighted by atomic mass is 79.9. The van der Waals surface area contributed by atoms with Crippen LogP contribution in [-0.4, -0.2) is 15.5 Å². The number of halogens is 1. The van der Waals surface area contributed by atoms with Crippen molar-refractivity contribution in [1.82, 2.24) is 5.32 Å². The zero-order chi connectivity index (χ0) is 13.9. The highest BCUT2D eigenvalue weighted by molar-refractivity contribution is 9.10. The Bertz CT molecular complexity index is 668. The lowest BCUT2D eigenvalue weighted by Gasteiger charge is -2.06. The van der Waals surface area contributed by atoms with Crippen LogP contribution in [0, 0.1) is 0 Å². The van der Waals surface area contributed by atoms with Gasteiger partial charge < -0.3 is 5.32 Å². The summed E-state index contributed by atoms with van der Waals surface area (Å²) in [5.41, 5.74) is 1.50. The van der Waals surface area contributed by atoms with E-state index >= 15 is 0 Å². The van der Waals surface area contributed by atoms with Crippen LogP contribution in [0.2, 0.25) is 0 Å². The van der Waals surface area contributed by atoms with Crippen molar-refractivity contribution in [3.63, 3.8) is 0 Å². The van der Waals surface area contributed by atoms with Crippen molar-refractivity contribution in [1.29, 1.82) is 0 Å². The minimum Gasteiger partial charge on any atom is -0.316 e. The summed E-state index contributed by atoms with van der Waals surface area (Å²) in [5, 5.41) is 4.83. The predicted molar refractivity (Wildman–Crippen MR) is 82.0 cm³/mol. The number of hydrogen-bond acceptors (Lipinski definition) is 4. The van der Waals surface area contributed by atoms with Crippen LogP contribution in [0.4, 0.5) is 5.69 Å². The summed E-state index contributed by atoms with van der Waals surface area (Å²) in [6.45, 7) is 0.656. The first-order valence-electron chi connectivity index (χ1n) is 5.51. The number of hydrogen-bond donors (Lipinski definition) is 2. The molecule has 2 aromatic rings. The molecule has 0 spiro atoms. The Morgan fingerprint density at radius 1 is 1.32 bits per heavy atom. The molecule has 0 aliphatic rings. The van der Waals surface area contributed by atoms with Gasteiger partial charge in [0.25, 0.3) is 10.0 Å². The van der Waals surface area contributed by atoms with Gasteiger partial charge in [0.2, 0.25) is 0 Å². The molecule has 0 saturated heterocycles. The van der Waals surface area contributed by atoms with Crippen molar-refractivity contribution in [3.8, 4) is 0 Å². The Morgan fingerprint density at radius 2 is 2.11 bits per heavy atom. The summed E-state index contributed by atoms with van der Waals surface area (Å²) in [6, 6.07) is 8.74. The molecule has 2 N–H and O–H groups in total. The summed E-state index contributed by atoms with van der Waals surface area (Å²) in [6.07, 6.45) is 0. The molecule has 1 aromatic carbocycles. The highest BCUT2D eigenvalue weighted by Gasteiger charge is 2.16. The fourth-order valence-corrected chi connectivity index (χ4v) is 4.21. The monoisotopic (exact) mass is 360 g/mol. The van der Waals surface area contributed by atoms with Crippen molar-refractivity contribution < 1.29 is 8.42 Å². The van der Waals surface area contributed by atoms with E-state index in [1.165, 1.54) is 11.3 Å².